The summed E-state index contributed by atoms with van der Waals surface area (Å²) < 4.78 is 1.19. The molecule has 1 amide bonds. The van der Waals surface area contributed by atoms with Gasteiger partial charge in [-0.3, -0.25) is 4.79 Å². The summed E-state index contributed by atoms with van der Waals surface area (Å²) >= 11 is 1.68. The molecule has 0 unspecified atom stereocenters. The zero-order valence-corrected chi connectivity index (χ0v) is 12.0. The minimum Gasteiger partial charge on any atom is -0.362 e. The average Bonchev–Trinajstić information content (AvgIpc) is 2.76. The van der Waals surface area contributed by atoms with Gasteiger partial charge in [-0.25, -0.2) is 4.98 Å². The van der Waals surface area contributed by atoms with E-state index >= 15 is 0 Å². The molecule has 1 aromatic carbocycles. The van der Waals surface area contributed by atoms with Gasteiger partial charge in [-0.1, -0.05) is 11.3 Å². The number of aromatic nitrogens is 1. The van der Waals surface area contributed by atoms with Gasteiger partial charge in [-0.05, 0) is 37.5 Å². The largest absolute Gasteiger partial charge is 0.362 e. The molecule has 0 bridgehead atoms. The van der Waals surface area contributed by atoms with Crippen LogP contribution in [0, 0.1) is 0 Å². The lowest BCUT2D eigenvalue weighted by Crippen LogP contribution is -2.33. The Balaban J connectivity index is 2.10. The number of rotatable bonds is 2. The normalized spacial score (nSPS) is 14.5. The van der Waals surface area contributed by atoms with Crippen LogP contribution in [0.25, 0.3) is 10.2 Å². The molecule has 1 aromatic heterocycles. The number of aryl methyl sites for hydroxylation is 1. The Morgan fingerprint density at radius 1 is 1.53 bits per heavy atom. The molecule has 0 saturated carbocycles. The molecular weight excluding hydrogens is 258 g/mol. The van der Waals surface area contributed by atoms with Crippen molar-refractivity contribution in [2.75, 3.05) is 23.3 Å². The molecule has 1 N–H and O–H groups in total. The highest BCUT2D eigenvalue weighted by Gasteiger charge is 2.21. The van der Waals surface area contributed by atoms with E-state index in [1.165, 1.54) is 10.3 Å². The van der Waals surface area contributed by atoms with Crippen molar-refractivity contribution >= 4 is 38.3 Å². The molecule has 0 atom stereocenters. The Morgan fingerprint density at radius 2 is 2.37 bits per heavy atom. The smallest absolute Gasteiger partial charge is 0.223 e. The minimum atomic E-state index is 0.113. The van der Waals surface area contributed by atoms with Crippen LogP contribution in [0.2, 0.25) is 0 Å². The molecule has 0 fully saturated rings. The van der Waals surface area contributed by atoms with Crippen LogP contribution >= 0.6 is 11.3 Å². The van der Waals surface area contributed by atoms with E-state index in [-0.39, 0.29) is 5.91 Å². The monoisotopic (exact) mass is 275 g/mol. The second-order valence-corrected chi connectivity index (χ2v) is 5.80. The van der Waals surface area contributed by atoms with Crippen molar-refractivity contribution < 1.29 is 4.79 Å². The van der Waals surface area contributed by atoms with Crippen LogP contribution in [0.3, 0.4) is 0 Å². The van der Waals surface area contributed by atoms with Gasteiger partial charge in [-0.15, -0.1) is 0 Å². The van der Waals surface area contributed by atoms with E-state index in [1.807, 2.05) is 4.90 Å². The van der Waals surface area contributed by atoms with Gasteiger partial charge < -0.3 is 10.2 Å². The molecule has 0 saturated heterocycles. The van der Waals surface area contributed by atoms with Gasteiger partial charge in [0.2, 0.25) is 5.91 Å². The Morgan fingerprint density at radius 3 is 3.11 bits per heavy atom. The van der Waals surface area contributed by atoms with E-state index in [0.717, 1.165) is 42.3 Å². The summed E-state index contributed by atoms with van der Waals surface area (Å²) in [6.07, 6.45) is 2.08. The number of thiazole rings is 1. The fraction of sp³-hybridized carbons (Fsp3) is 0.429. The predicted octanol–water partition coefficient (Wildman–Crippen LogP) is 3.03. The van der Waals surface area contributed by atoms with Crippen LogP contribution in [0.5, 0.6) is 0 Å². The molecule has 2 heterocycles. The third kappa shape index (κ3) is 2.18. The lowest BCUT2D eigenvalue weighted by molar-refractivity contribution is -0.116. The molecule has 1 aliphatic rings. The van der Waals surface area contributed by atoms with Crippen molar-refractivity contribution in [3.05, 3.63) is 17.7 Å². The molecule has 100 valence electrons. The molecule has 0 spiro atoms. The van der Waals surface area contributed by atoms with Crippen LogP contribution in [0.15, 0.2) is 12.1 Å². The molecule has 3 rings (SSSR count). The van der Waals surface area contributed by atoms with Crippen molar-refractivity contribution in [1.82, 2.24) is 4.98 Å². The highest BCUT2D eigenvalue weighted by molar-refractivity contribution is 7.22. The number of hydrogen-bond donors (Lipinski definition) is 1. The zero-order chi connectivity index (χ0) is 13.4. The number of carbonyl (C=O) groups excluding carboxylic acids is 1. The van der Waals surface area contributed by atoms with Crippen molar-refractivity contribution in [1.29, 1.82) is 0 Å². The van der Waals surface area contributed by atoms with E-state index in [9.17, 15) is 4.79 Å². The molecule has 0 radical (unpaired) electrons. The van der Waals surface area contributed by atoms with E-state index in [2.05, 4.69) is 29.4 Å². The molecule has 0 aliphatic carbocycles. The number of carbonyl (C=O) groups is 1. The zero-order valence-electron chi connectivity index (χ0n) is 11.2. The Hall–Kier alpha value is -1.62. The molecule has 5 heteroatoms. The summed E-state index contributed by atoms with van der Waals surface area (Å²) in [5, 5.41) is 4.20. The third-order valence-corrected chi connectivity index (χ3v) is 4.39. The first-order valence-corrected chi connectivity index (χ1v) is 7.46. The second-order valence-electron chi connectivity index (χ2n) is 4.77. The van der Waals surface area contributed by atoms with Crippen LogP contribution in [0.1, 0.15) is 25.8 Å². The molecule has 4 nitrogen and oxygen atoms in total. The van der Waals surface area contributed by atoms with Crippen molar-refractivity contribution in [2.24, 2.45) is 0 Å². The number of fused-ring (bicyclic) bond motifs is 2. The average molecular weight is 275 g/mol. The van der Waals surface area contributed by atoms with Gasteiger partial charge in [0.05, 0.1) is 10.2 Å². The van der Waals surface area contributed by atoms with Gasteiger partial charge in [0.1, 0.15) is 0 Å². The Kier molecular flexibility index (Phi) is 3.14. The number of amides is 1. The maximum atomic E-state index is 11.7. The van der Waals surface area contributed by atoms with Crippen LogP contribution < -0.4 is 10.2 Å². The van der Waals surface area contributed by atoms with Gasteiger partial charge in [0.25, 0.3) is 0 Å². The van der Waals surface area contributed by atoms with Crippen LogP contribution in [-0.4, -0.2) is 24.0 Å². The minimum absolute atomic E-state index is 0.113. The topological polar surface area (TPSA) is 45.2 Å². The number of nitrogens with zero attached hydrogens (tertiary/aromatic N) is 2. The Bertz CT molecular complexity index is 635. The first-order chi connectivity index (χ1) is 9.19. The first kappa shape index (κ1) is 12.4. The maximum Gasteiger partial charge on any atom is 0.223 e. The Labute approximate surface area is 116 Å². The summed E-state index contributed by atoms with van der Waals surface area (Å²) in [5.41, 5.74) is 3.29. The van der Waals surface area contributed by atoms with E-state index in [0.29, 0.717) is 0 Å². The van der Waals surface area contributed by atoms with Crippen LogP contribution in [0.4, 0.5) is 10.8 Å². The van der Waals surface area contributed by atoms with Gasteiger partial charge >= 0.3 is 0 Å². The summed E-state index contributed by atoms with van der Waals surface area (Å²) in [6, 6.07) is 4.25. The van der Waals surface area contributed by atoms with Gasteiger partial charge in [0, 0.05) is 25.7 Å². The molecule has 19 heavy (non-hydrogen) atoms. The molecule has 1 aliphatic heterocycles. The van der Waals surface area contributed by atoms with E-state index in [4.69, 9.17) is 0 Å². The highest BCUT2D eigenvalue weighted by Crippen LogP contribution is 2.35. The lowest BCUT2D eigenvalue weighted by Gasteiger charge is -2.28. The quantitative estimate of drug-likeness (QED) is 0.916. The summed E-state index contributed by atoms with van der Waals surface area (Å²) in [6.45, 7) is 5.39. The first-order valence-electron chi connectivity index (χ1n) is 6.64. The van der Waals surface area contributed by atoms with Crippen molar-refractivity contribution in [3.8, 4) is 0 Å². The third-order valence-electron chi connectivity index (χ3n) is 3.42. The summed E-state index contributed by atoms with van der Waals surface area (Å²) in [7, 11) is 0. The standard InChI is InChI=1S/C14H17N3OS/c1-3-15-14-16-11-8-12-10(7-13(11)19-14)5-4-6-17(12)9(2)18/h7-8H,3-6H2,1-2H3,(H,15,16). The highest BCUT2D eigenvalue weighted by atomic mass is 32.1. The second kappa shape index (κ2) is 4.81. The summed E-state index contributed by atoms with van der Waals surface area (Å²) in [4.78, 5) is 18.1. The number of benzene rings is 1. The van der Waals surface area contributed by atoms with Crippen molar-refractivity contribution in [3.63, 3.8) is 0 Å². The van der Waals surface area contributed by atoms with E-state index < -0.39 is 0 Å². The lowest BCUT2D eigenvalue weighted by atomic mass is 10.0. The van der Waals surface area contributed by atoms with Gasteiger partial charge in [0.15, 0.2) is 5.13 Å². The number of nitrogens with one attached hydrogen (secondary N) is 1. The maximum absolute atomic E-state index is 11.7. The number of hydrogen-bond acceptors (Lipinski definition) is 4. The number of anilines is 2. The fourth-order valence-electron chi connectivity index (χ4n) is 2.56. The van der Waals surface area contributed by atoms with E-state index in [1.54, 1.807) is 18.3 Å². The van der Waals surface area contributed by atoms with Gasteiger partial charge in [-0.2, -0.15) is 0 Å². The fourth-order valence-corrected chi connectivity index (χ4v) is 3.54. The van der Waals surface area contributed by atoms with Crippen LogP contribution in [-0.2, 0) is 11.2 Å². The summed E-state index contributed by atoms with van der Waals surface area (Å²) in [5.74, 6) is 0.113. The van der Waals surface area contributed by atoms with Crippen molar-refractivity contribution in [2.45, 2.75) is 26.7 Å². The molecular formula is C14H17N3OS. The molecule has 2 aromatic rings. The SMILES string of the molecule is CCNc1nc2cc3c(cc2s1)CCCN3C(C)=O. The predicted molar refractivity (Wildman–Crippen MR) is 80.1 cm³/mol.